The zero-order valence-electron chi connectivity index (χ0n) is 17.8. The molecule has 1 atom stereocenters. The fourth-order valence-electron chi connectivity index (χ4n) is 4.30. The molecule has 2 aromatic carbocycles. The first-order valence-corrected chi connectivity index (χ1v) is 13.2. The van der Waals surface area contributed by atoms with Crippen LogP contribution in [0.3, 0.4) is 0 Å². The minimum absolute atomic E-state index is 0.534. The minimum atomic E-state index is -1.95. The normalized spacial score (nSPS) is 13.6. The predicted octanol–water partition coefficient (Wildman–Crippen LogP) is 6.85. The number of hydrogen-bond acceptors (Lipinski definition) is 2. The second-order valence-corrected chi connectivity index (χ2v) is 15.2. The van der Waals surface area contributed by atoms with Gasteiger partial charge in [-0.15, -0.1) is 0 Å². The van der Waals surface area contributed by atoms with Gasteiger partial charge in [0.1, 0.15) is 0 Å². The molecule has 0 aliphatic heterocycles. The van der Waals surface area contributed by atoms with E-state index in [2.05, 4.69) is 47.6 Å². The molecule has 2 aromatic rings. The summed E-state index contributed by atoms with van der Waals surface area (Å²) in [6.07, 6.45) is 0. The van der Waals surface area contributed by atoms with Crippen molar-refractivity contribution in [2.24, 2.45) is 0 Å². The highest BCUT2D eigenvalue weighted by Crippen LogP contribution is 2.43. The van der Waals surface area contributed by atoms with E-state index in [-0.39, 0.29) is 0 Å². The van der Waals surface area contributed by atoms with Gasteiger partial charge in [-0.25, -0.2) is 4.21 Å². The van der Waals surface area contributed by atoms with Gasteiger partial charge in [0, 0.05) is 9.79 Å². The summed E-state index contributed by atoms with van der Waals surface area (Å²) in [5.41, 5.74) is 3.82. The maximum Gasteiger partial charge on any atom is 0.200 e. The molecule has 148 valence electrons. The van der Waals surface area contributed by atoms with Crippen molar-refractivity contribution >= 4 is 19.1 Å². The molecule has 0 aliphatic rings. The molecule has 0 saturated heterocycles. The Bertz CT molecular complexity index is 744. The van der Waals surface area contributed by atoms with Crippen molar-refractivity contribution in [2.45, 2.75) is 81.5 Å². The van der Waals surface area contributed by atoms with Gasteiger partial charge < -0.3 is 4.43 Å². The van der Waals surface area contributed by atoms with Crippen molar-refractivity contribution in [3.05, 3.63) is 59.7 Å². The molecule has 0 fully saturated rings. The van der Waals surface area contributed by atoms with Gasteiger partial charge in [-0.05, 0) is 47.3 Å². The second kappa shape index (κ2) is 9.31. The lowest BCUT2D eigenvalue weighted by Gasteiger charge is -2.42. The topological polar surface area (TPSA) is 26.3 Å². The van der Waals surface area contributed by atoms with Gasteiger partial charge in [0.2, 0.25) is 8.32 Å². The van der Waals surface area contributed by atoms with E-state index in [0.29, 0.717) is 23.2 Å². The molecule has 2 nitrogen and oxygen atoms in total. The van der Waals surface area contributed by atoms with E-state index in [1.54, 1.807) is 0 Å². The Morgan fingerprint density at radius 3 is 1.89 bits per heavy atom. The Kier molecular flexibility index (Phi) is 7.61. The van der Waals surface area contributed by atoms with E-state index >= 15 is 0 Å². The summed E-state index contributed by atoms with van der Waals surface area (Å²) in [4.78, 5) is 1.70. The molecular formula is C23H34O2SSi. The summed E-state index contributed by atoms with van der Waals surface area (Å²) < 4.78 is 19.9. The molecule has 1 unspecified atom stereocenters. The zero-order chi connectivity index (χ0) is 20.2. The Balaban J connectivity index is 2.32. The van der Waals surface area contributed by atoms with Crippen LogP contribution in [0.5, 0.6) is 0 Å². The monoisotopic (exact) mass is 402 g/mol. The van der Waals surface area contributed by atoms with Crippen LogP contribution in [0.15, 0.2) is 58.3 Å². The first-order valence-electron chi connectivity index (χ1n) is 9.90. The lowest BCUT2D eigenvalue weighted by molar-refractivity contribution is 0.263. The summed E-state index contributed by atoms with van der Waals surface area (Å²) >= 11 is 0. The number of hydrogen-bond donors (Lipinski definition) is 0. The summed E-state index contributed by atoms with van der Waals surface area (Å²) in [5, 5.41) is 0. The van der Waals surface area contributed by atoms with Gasteiger partial charge in [0.25, 0.3) is 0 Å². The third-order valence-electron chi connectivity index (χ3n) is 5.59. The SMILES string of the molecule is Cc1ccc(S(=O)c2ccccc2CO[Si](C(C)C)(C(C)C)C(C)C)cc1. The van der Waals surface area contributed by atoms with E-state index < -0.39 is 19.1 Å². The number of benzene rings is 2. The van der Waals surface area contributed by atoms with Crippen LogP contribution in [-0.4, -0.2) is 12.5 Å². The van der Waals surface area contributed by atoms with Crippen molar-refractivity contribution in [3.63, 3.8) is 0 Å². The molecule has 0 aromatic heterocycles. The number of rotatable bonds is 8. The van der Waals surface area contributed by atoms with Gasteiger partial charge in [-0.3, -0.25) is 0 Å². The van der Waals surface area contributed by atoms with Gasteiger partial charge >= 0.3 is 0 Å². The van der Waals surface area contributed by atoms with Crippen molar-refractivity contribution in [2.75, 3.05) is 0 Å². The smallest absolute Gasteiger partial charge is 0.200 e. The fraction of sp³-hybridized carbons (Fsp3) is 0.478. The molecule has 0 saturated carbocycles. The van der Waals surface area contributed by atoms with E-state index in [1.165, 1.54) is 5.56 Å². The maximum atomic E-state index is 13.2. The van der Waals surface area contributed by atoms with Gasteiger partial charge in [-0.1, -0.05) is 77.4 Å². The van der Waals surface area contributed by atoms with Crippen molar-refractivity contribution in [1.82, 2.24) is 0 Å². The van der Waals surface area contributed by atoms with Crippen molar-refractivity contribution in [1.29, 1.82) is 0 Å². The average molecular weight is 403 g/mol. The van der Waals surface area contributed by atoms with Crippen LogP contribution in [0.2, 0.25) is 16.6 Å². The Morgan fingerprint density at radius 2 is 1.37 bits per heavy atom. The lowest BCUT2D eigenvalue weighted by Crippen LogP contribution is -2.47. The summed E-state index contributed by atoms with van der Waals surface area (Å²) in [5.74, 6) is 0. The average Bonchev–Trinajstić information content (AvgIpc) is 2.61. The second-order valence-electron chi connectivity index (χ2n) is 8.30. The molecular weight excluding hydrogens is 368 g/mol. The van der Waals surface area contributed by atoms with E-state index in [0.717, 1.165) is 15.4 Å². The standard InChI is InChI=1S/C23H34O2SSi/c1-17(2)27(18(3)4,19(5)6)25-16-21-10-8-9-11-23(21)26(24)22-14-12-20(7)13-15-22/h8-15,17-19H,16H2,1-7H3. The highest BCUT2D eigenvalue weighted by molar-refractivity contribution is 7.85. The van der Waals surface area contributed by atoms with Gasteiger partial charge in [-0.2, -0.15) is 0 Å². The van der Waals surface area contributed by atoms with E-state index in [1.807, 2.05) is 49.4 Å². The molecule has 0 radical (unpaired) electrons. The molecule has 27 heavy (non-hydrogen) atoms. The Hall–Kier alpha value is -1.23. The Morgan fingerprint density at radius 1 is 0.852 bits per heavy atom. The molecule has 0 amide bonds. The van der Waals surface area contributed by atoms with Crippen LogP contribution < -0.4 is 0 Å². The first-order chi connectivity index (χ1) is 12.7. The van der Waals surface area contributed by atoms with Crippen LogP contribution in [0.1, 0.15) is 52.7 Å². The van der Waals surface area contributed by atoms with E-state index in [9.17, 15) is 4.21 Å². The van der Waals surface area contributed by atoms with Crippen LogP contribution in [0.25, 0.3) is 0 Å². The first kappa shape index (κ1) is 22.1. The molecule has 0 heterocycles. The molecule has 0 bridgehead atoms. The summed E-state index contributed by atoms with van der Waals surface area (Å²) in [6, 6.07) is 15.9. The van der Waals surface area contributed by atoms with Gasteiger partial charge in [0.15, 0.2) is 0 Å². The lowest BCUT2D eigenvalue weighted by atomic mass is 10.2. The summed E-state index contributed by atoms with van der Waals surface area (Å²) in [7, 11) is -3.15. The van der Waals surface area contributed by atoms with Crippen LogP contribution in [0, 0.1) is 6.92 Å². The van der Waals surface area contributed by atoms with Crippen LogP contribution in [-0.2, 0) is 21.8 Å². The molecule has 0 aliphatic carbocycles. The highest BCUT2D eigenvalue weighted by atomic mass is 32.2. The van der Waals surface area contributed by atoms with Gasteiger partial charge in [0.05, 0.1) is 17.4 Å². The van der Waals surface area contributed by atoms with E-state index in [4.69, 9.17) is 4.43 Å². The van der Waals surface area contributed by atoms with Crippen LogP contribution in [0.4, 0.5) is 0 Å². The zero-order valence-corrected chi connectivity index (χ0v) is 19.6. The van der Waals surface area contributed by atoms with Crippen molar-refractivity contribution in [3.8, 4) is 0 Å². The quantitative estimate of drug-likeness (QED) is 0.451. The summed E-state index contributed by atoms with van der Waals surface area (Å²) in [6.45, 7) is 16.3. The minimum Gasteiger partial charge on any atom is -0.412 e. The number of aryl methyl sites for hydroxylation is 1. The third-order valence-corrected chi connectivity index (χ3v) is 13.1. The molecule has 0 N–H and O–H groups in total. The highest BCUT2D eigenvalue weighted by Gasteiger charge is 2.45. The molecule has 0 spiro atoms. The third kappa shape index (κ3) is 4.79. The fourth-order valence-corrected chi connectivity index (χ4v) is 10.9. The predicted molar refractivity (Wildman–Crippen MR) is 118 cm³/mol. The largest absolute Gasteiger partial charge is 0.412 e. The maximum absolute atomic E-state index is 13.2. The Labute approximate surface area is 168 Å². The molecule has 4 heteroatoms. The van der Waals surface area contributed by atoms with Crippen LogP contribution >= 0.6 is 0 Å². The molecule has 2 rings (SSSR count). The van der Waals surface area contributed by atoms with Crippen molar-refractivity contribution < 1.29 is 8.63 Å².